The Morgan fingerprint density at radius 3 is 2.60 bits per heavy atom. The lowest BCUT2D eigenvalue weighted by Crippen LogP contribution is -2.14. The van der Waals surface area contributed by atoms with E-state index in [9.17, 15) is 18.0 Å². The summed E-state index contributed by atoms with van der Waals surface area (Å²) in [6.07, 6.45) is -4.22. The van der Waals surface area contributed by atoms with Crippen LogP contribution in [-0.2, 0) is 17.4 Å². The van der Waals surface area contributed by atoms with Crippen LogP contribution in [0.5, 0.6) is 0 Å². The van der Waals surface area contributed by atoms with Gasteiger partial charge in [-0.3, -0.25) is 4.79 Å². The molecule has 0 aliphatic rings. The molecule has 7 heteroatoms. The maximum atomic E-state index is 12.5. The smallest absolute Gasteiger partial charge is 0.416 e. The molecule has 0 spiro atoms. The van der Waals surface area contributed by atoms with Gasteiger partial charge in [-0.1, -0.05) is 0 Å². The van der Waals surface area contributed by atoms with E-state index in [0.717, 1.165) is 12.3 Å². The van der Waals surface area contributed by atoms with Crippen molar-refractivity contribution < 1.29 is 23.1 Å². The van der Waals surface area contributed by atoms with E-state index >= 15 is 0 Å². The van der Waals surface area contributed by atoms with Crippen molar-refractivity contribution in [3.8, 4) is 0 Å². The van der Waals surface area contributed by atoms with Crippen LogP contribution in [0.1, 0.15) is 11.1 Å². The Balaban J connectivity index is 3.26. The van der Waals surface area contributed by atoms with E-state index in [1.165, 1.54) is 0 Å². The third kappa shape index (κ3) is 3.05. The lowest BCUT2D eigenvalue weighted by molar-refractivity contribution is -0.139. The van der Waals surface area contributed by atoms with Crippen LogP contribution in [0.3, 0.4) is 0 Å². The highest BCUT2D eigenvalue weighted by atomic mass is 127. The second-order valence-corrected chi connectivity index (χ2v) is 3.72. The van der Waals surface area contributed by atoms with Crippen molar-refractivity contribution in [1.82, 2.24) is 4.98 Å². The number of pyridine rings is 1. The Morgan fingerprint density at radius 2 is 2.13 bits per heavy atom. The molecule has 0 saturated carbocycles. The standard InChI is InChI=1S/C8H5F3INO2/c9-8(10,11)5-1-2-13-7(12)4(5)3-6(14)15/h1-2H,3H2,(H,14,15). The predicted octanol–water partition coefficient (Wildman–Crippen LogP) is 2.33. The van der Waals surface area contributed by atoms with E-state index in [1.54, 1.807) is 22.6 Å². The number of alkyl halides is 3. The molecule has 0 saturated heterocycles. The lowest BCUT2D eigenvalue weighted by atomic mass is 10.1. The van der Waals surface area contributed by atoms with Crippen LogP contribution >= 0.6 is 22.6 Å². The summed E-state index contributed by atoms with van der Waals surface area (Å²) in [5, 5.41) is 8.48. The van der Waals surface area contributed by atoms with E-state index in [1.807, 2.05) is 0 Å². The summed E-state index contributed by atoms with van der Waals surface area (Å²) in [4.78, 5) is 14.0. The predicted molar refractivity (Wildman–Crippen MR) is 53.3 cm³/mol. The number of carbonyl (C=O) groups is 1. The van der Waals surface area contributed by atoms with Crippen LogP contribution in [0.25, 0.3) is 0 Å². The van der Waals surface area contributed by atoms with Crippen molar-refractivity contribution in [2.75, 3.05) is 0 Å². The van der Waals surface area contributed by atoms with Crippen molar-refractivity contribution in [1.29, 1.82) is 0 Å². The normalized spacial score (nSPS) is 11.5. The Morgan fingerprint density at radius 1 is 1.53 bits per heavy atom. The molecular weight excluding hydrogens is 326 g/mol. The minimum Gasteiger partial charge on any atom is -0.481 e. The molecule has 1 N–H and O–H groups in total. The number of carboxylic acid groups (broad SMARTS) is 1. The van der Waals surface area contributed by atoms with Gasteiger partial charge in [0.1, 0.15) is 3.70 Å². The highest BCUT2D eigenvalue weighted by Gasteiger charge is 2.34. The Kier molecular flexibility index (Phi) is 3.53. The van der Waals surface area contributed by atoms with Gasteiger partial charge in [-0.15, -0.1) is 0 Å². The van der Waals surface area contributed by atoms with Gasteiger partial charge in [0, 0.05) is 11.8 Å². The molecule has 0 unspecified atom stereocenters. The van der Waals surface area contributed by atoms with Crippen LogP contribution < -0.4 is 0 Å². The molecule has 0 atom stereocenters. The average molecular weight is 331 g/mol. The van der Waals surface area contributed by atoms with Crippen molar-refractivity contribution in [3.63, 3.8) is 0 Å². The summed E-state index contributed by atoms with van der Waals surface area (Å²) >= 11 is 1.58. The highest BCUT2D eigenvalue weighted by molar-refractivity contribution is 14.1. The molecule has 3 nitrogen and oxygen atoms in total. The van der Waals surface area contributed by atoms with Crippen molar-refractivity contribution in [2.45, 2.75) is 12.6 Å². The van der Waals surface area contributed by atoms with Gasteiger partial charge in [0.25, 0.3) is 0 Å². The second kappa shape index (κ2) is 4.33. The number of halogens is 4. The SMILES string of the molecule is O=C(O)Cc1c(C(F)(F)F)ccnc1I. The third-order valence-electron chi connectivity index (χ3n) is 1.64. The minimum atomic E-state index is -4.55. The fourth-order valence-corrected chi connectivity index (χ4v) is 1.69. The Bertz CT molecular complexity index is 392. The zero-order chi connectivity index (χ0) is 11.6. The van der Waals surface area contributed by atoms with Crippen LogP contribution in [-0.4, -0.2) is 16.1 Å². The summed E-state index contributed by atoms with van der Waals surface area (Å²) in [5.41, 5.74) is -1.23. The first-order chi connectivity index (χ1) is 6.82. The molecule has 0 amide bonds. The van der Waals surface area contributed by atoms with Crippen molar-refractivity contribution >= 4 is 28.6 Å². The number of nitrogens with zero attached hydrogens (tertiary/aromatic N) is 1. The number of hydrogen-bond acceptors (Lipinski definition) is 2. The van der Waals surface area contributed by atoms with Crippen LogP contribution in [0.4, 0.5) is 13.2 Å². The zero-order valence-electron chi connectivity index (χ0n) is 7.18. The maximum Gasteiger partial charge on any atom is 0.416 e. The minimum absolute atomic E-state index is 0.0600. The number of aromatic nitrogens is 1. The van der Waals surface area contributed by atoms with Gasteiger partial charge in [-0.05, 0) is 28.7 Å². The molecule has 0 aliphatic heterocycles. The van der Waals surface area contributed by atoms with Crippen LogP contribution in [0.15, 0.2) is 12.3 Å². The van der Waals surface area contributed by atoms with Gasteiger partial charge in [0.05, 0.1) is 12.0 Å². The van der Waals surface area contributed by atoms with Gasteiger partial charge in [0.15, 0.2) is 0 Å². The van der Waals surface area contributed by atoms with Crippen LogP contribution in [0, 0.1) is 3.70 Å². The Hall–Kier alpha value is -0.860. The van der Waals surface area contributed by atoms with Crippen molar-refractivity contribution in [3.05, 3.63) is 27.1 Å². The Labute approximate surface area is 96.5 Å². The average Bonchev–Trinajstić information content (AvgIpc) is 2.05. The van der Waals surface area contributed by atoms with Gasteiger partial charge in [-0.2, -0.15) is 13.2 Å². The highest BCUT2D eigenvalue weighted by Crippen LogP contribution is 2.33. The molecular formula is C8H5F3INO2. The summed E-state index contributed by atoms with van der Waals surface area (Å²) in [6, 6.07) is 0.778. The topological polar surface area (TPSA) is 50.2 Å². The largest absolute Gasteiger partial charge is 0.481 e. The summed E-state index contributed by atoms with van der Waals surface area (Å²) < 4.78 is 37.4. The molecule has 0 fully saturated rings. The summed E-state index contributed by atoms with van der Waals surface area (Å²) in [5.74, 6) is -1.31. The molecule has 15 heavy (non-hydrogen) atoms. The van der Waals surface area contributed by atoms with E-state index in [4.69, 9.17) is 5.11 Å². The first kappa shape index (κ1) is 12.2. The molecule has 1 heterocycles. The molecule has 0 aliphatic carbocycles. The van der Waals surface area contributed by atoms with E-state index < -0.39 is 24.1 Å². The third-order valence-corrected chi connectivity index (χ3v) is 2.57. The number of hydrogen-bond donors (Lipinski definition) is 1. The van der Waals surface area contributed by atoms with E-state index in [-0.39, 0.29) is 9.26 Å². The van der Waals surface area contributed by atoms with Gasteiger partial charge < -0.3 is 5.11 Å². The maximum absolute atomic E-state index is 12.5. The second-order valence-electron chi connectivity index (χ2n) is 2.70. The molecule has 0 bridgehead atoms. The van der Waals surface area contributed by atoms with E-state index in [2.05, 4.69) is 4.98 Å². The molecule has 1 aromatic rings. The molecule has 1 aromatic heterocycles. The monoisotopic (exact) mass is 331 g/mol. The summed E-state index contributed by atoms with van der Waals surface area (Å²) in [6.45, 7) is 0. The number of carboxylic acids is 1. The van der Waals surface area contributed by atoms with Gasteiger partial charge >= 0.3 is 12.1 Å². The van der Waals surface area contributed by atoms with Gasteiger partial charge in [0.2, 0.25) is 0 Å². The molecule has 0 radical (unpaired) electrons. The quantitative estimate of drug-likeness (QED) is 0.669. The number of aliphatic carboxylic acids is 1. The fourth-order valence-electron chi connectivity index (χ4n) is 1.05. The fraction of sp³-hybridized carbons (Fsp3) is 0.250. The number of rotatable bonds is 2. The molecule has 1 rings (SSSR count). The molecule has 0 aromatic carbocycles. The van der Waals surface area contributed by atoms with Gasteiger partial charge in [-0.25, -0.2) is 4.98 Å². The molecule has 82 valence electrons. The zero-order valence-corrected chi connectivity index (χ0v) is 9.33. The summed E-state index contributed by atoms with van der Waals surface area (Å²) in [7, 11) is 0. The lowest BCUT2D eigenvalue weighted by Gasteiger charge is -2.11. The van der Waals surface area contributed by atoms with E-state index in [0.29, 0.717) is 0 Å². The first-order valence-electron chi connectivity index (χ1n) is 3.74. The first-order valence-corrected chi connectivity index (χ1v) is 4.82. The van der Waals surface area contributed by atoms with Crippen molar-refractivity contribution in [2.24, 2.45) is 0 Å². The van der Waals surface area contributed by atoms with Crippen LogP contribution in [0.2, 0.25) is 0 Å².